The van der Waals surface area contributed by atoms with Crippen LogP contribution in [0.15, 0.2) is 42.6 Å². The van der Waals surface area contributed by atoms with Crippen LogP contribution >= 0.6 is 0 Å². The molecule has 13 heteroatoms. The number of aromatic nitrogens is 1. The number of aliphatic hydroxyl groups is 1. The van der Waals surface area contributed by atoms with Crippen molar-refractivity contribution in [2.75, 3.05) is 27.2 Å². The number of ether oxygens (including phenoxy) is 5. The van der Waals surface area contributed by atoms with Crippen LogP contribution in [0.2, 0.25) is 0 Å². The molecule has 3 fully saturated rings. The monoisotopic (exact) mass is 766 g/mol. The summed E-state index contributed by atoms with van der Waals surface area (Å²) in [7, 11) is 3.81. The number of rotatable bonds is 8. The lowest BCUT2D eigenvalue weighted by atomic mass is 9.78. The number of aliphatic hydroxyl groups excluding tert-OH is 1. The van der Waals surface area contributed by atoms with Gasteiger partial charge in [-0.25, -0.2) is 4.79 Å². The number of carbonyl (C=O) groups excluding carboxylic acids is 3. The maximum atomic E-state index is 14.5. The van der Waals surface area contributed by atoms with E-state index in [1.54, 1.807) is 13.8 Å². The minimum atomic E-state index is -1.18. The number of para-hydroxylation sites is 1. The number of nitrogens with one attached hydrogen (secondary N) is 2. The highest BCUT2D eigenvalue weighted by molar-refractivity contribution is 6.00. The minimum absolute atomic E-state index is 0.0353. The Morgan fingerprint density at radius 2 is 1.82 bits per heavy atom. The third-order valence-electron chi connectivity index (χ3n) is 11.8. The number of fused-ring (bicyclic) bond motifs is 2. The van der Waals surface area contributed by atoms with E-state index in [9.17, 15) is 19.5 Å². The Kier molecular flexibility index (Phi) is 13.8. The molecule has 3 N–H and O–H groups in total. The average Bonchev–Trinajstić information content (AvgIpc) is 3.47. The van der Waals surface area contributed by atoms with Crippen LogP contribution in [0.5, 0.6) is 0 Å². The van der Waals surface area contributed by atoms with Crippen molar-refractivity contribution in [3.05, 3.63) is 48.2 Å². The topological polar surface area (TPSA) is 158 Å². The van der Waals surface area contributed by atoms with E-state index in [2.05, 4.69) is 28.6 Å². The summed E-state index contributed by atoms with van der Waals surface area (Å²) in [4.78, 5) is 47.5. The van der Waals surface area contributed by atoms with Crippen molar-refractivity contribution < 1.29 is 43.2 Å². The molecule has 0 spiro atoms. The molecule has 0 radical (unpaired) electrons. The van der Waals surface area contributed by atoms with Gasteiger partial charge in [-0.2, -0.15) is 0 Å². The van der Waals surface area contributed by atoms with Crippen molar-refractivity contribution in [1.82, 2.24) is 20.5 Å². The summed E-state index contributed by atoms with van der Waals surface area (Å²) in [5.74, 6) is -3.25. The second-order valence-electron chi connectivity index (χ2n) is 16.6. The van der Waals surface area contributed by atoms with Crippen LogP contribution in [0.3, 0.4) is 0 Å². The Hall–Kier alpha value is -3.46. The highest BCUT2D eigenvalue weighted by atomic mass is 16.7. The number of Topliss-reactive ketones (excluding diaryl/α,β-unsaturated/α-hetero) is 1. The molecule has 1 aromatic carbocycles. The van der Waals surface area contributed by atoms with Gasteiger partial charge in [0.25, 0.3) is 0 Å². The summed E-state index contributed by atoms with van der Waals surface area (Å²) in [5.41, 5.74) is -0.496. The van der Waals surface area contributed by atoms with Crippen molar-refractivity contribution in [1.29, 1.82) is 0 Å². The lowest BCUT2D eigenvalue weighted by Gasteiger charge is -2.47. The lowest BCUT2D eigenvalue weighted by molar-refractivity contribution is -0.296. The zero-order valence-electron chi connectivity index (χ0n) is 34.1. The summed E-state index contributed by atoms with van der Waals surface area (Å²) in [6, 6.07) is 8.92. The van der Waals surface area contributed by atoms with Crippen molar-refractivity contribution >= 4 is 34.8 Å². The van der Waals surface area contributed by atoms with Crippen LogP contribution < -0.4 is 10.6 Å². The first-order valence-electron chi connectivity index (χ1n) is 19.7. The quantitative estimate of drug-likeness (QED) is 0.248. The van der Waals surface area contributed by atoms with E-state index in [1.807, 2.05) is 89.3 Å². The largest absolute Gasteiger partial charge is 0.458 e. The SMILES string of the molecule is CC[C@H]1OC(=O)C(C)C(=O)[C@H](C)[C@@H](O[C@@H]2O[C@H](C)CC(N(C)C)C2O)[C@](C)(OC/C=C/c2cnc3ccccc3c2)C[C@@H](C)CN[C@H](C)[C@H]2NC(=O)O[C@@]21C. The van der Waals surface area contributed by atoms with Gasteiger partial charge in [-0.05, 0) is 98.1 Å². The summed E-state index contributed by atoms with van der Waals surface area (Å²) in [6.45, 7) is 15.5. The van der Waals surface area contributed by atoms with Gasteiger partial charge in [0.15, 0.2) is 17.7 Å². The molecular formula is C42H62N4O9. The molecule has 3 aliphatic rings. The van der Waals surface area contributed by atoms with Gasteiger partial charge >= 0.3 is 12.1 Å². The van der Waals surface area contributed by atoms with Crippen molar-refractivity contribution in [3.8, 4) is 0 Å². The number of hydrogen-bond acceptors (Lipinski definition) is 12. The molecule has 0 saturated carbocycles. The molecule has 55 heavy (non-hydrogen) atoms. The fourth-order valence-corrected chi connectivity index (χ4v) is 8.68. The molecule has 0 bridgehead atoms. The van der Waals surface area contributed by atoms with Gasteiger partial charge < -0.3 is 44.3 Å². The molecular weight excluding hydrogens is 704 g/mol. The molecule has 2 aromatic rings. The van der Waals surface area contributed by atoms with Gasteiger partial charge in [0.1, 0.15) is 18.1 Å². The maximum Gasteiger partial charge on any atom is 0.408 e. The predicted molar refractivity (Wildman–Crippen MR) is 209 cm³/mol. The van der Waals surface area contributed by atoms with Crippen LogP contribution in [0.4, 0.5) is 4.79 Å². The maximum absolute atomic E-state index is 14.5. The molecule has 3 saturated heterocycles. The van der Waals surface area contributed by atoms with Crippen molar-refractivity contribution in [2.24, 2.45) is 17.8 Å². The van der Waals surface area contributed by atoms with Gasteiger partial charge in [-0.15, -0.1) is 0 Å². The molecule has 4 heterocycles. The molecule has 3 unspecified atom stereocenters. The molecule has 3 aliphatic heterocycles. The Morgan fingerprint density at radius 1 is 1.09 bits per heavy atom. The second kappa shape index (κ2) is 17.8. The Bertz CT molecular complexity index is 1690. The van der Waals surface area contributed by atoms with E-state index in [0.29, 0.717) is 25.8 Å². The molecule has 5 rings (SSSR count). The molecule has 1 amide bonds. The van der Waals surface area contributed by atoms with E-state index in [0.717, 1.165) is 16.5 Å². The zero-order chi connectivity index (χ0) is 40.2. The van der Waals surface area contributed by atoms with E-state index in [1.165, 1.54) is 6.92 Å². The van der Waals surface area contributed by atoms with Crippen LogP contribution in [0.1, 0.15) is 80.2 Å². The van der Waals surface area contributed by atoms with Gasteiger partial charge in [0.2, 0.25) is 0 Å². The molecule has 304 valence electrons. The number of ketones is 1. The Morgan fingerprint density at radius 3 is 2.53 bits per heavy atom. The van der Waals surface area contributed by atoms with Crippen LogP contribution in [-0.2, 0) is 33.3 Å². The smallest absolute Gasteiger partial charge is 0.408 e. The fourth-order valence-electron chi connectivity index (χ4n) is 8.68. The zero-order valence-corrected chi connectivity index (χ0v) is 34.1. The first kappa shape index (κ1) is 42.7. The number of esters is 1. The number of likely N-dealkylation sites (N-methyl/N-ethyl adjacent to an activating group) is 1. The van der Waals surface area contributed by atoms with Crippen LogP contribution in [0, 0.1) is 17.8 Å². The Labute approximate surface area is 325 Å². The van der Waals surface area contributed by atoms with Gasteiger partial charge in [0.05, 0.1) is 36.0 Å². The number of alkyl carbamates (subject to hydrolysis) is 1. The van der Waals surface area contributed by atoms with E-state index in [4.69, 9.17) is 23.7 Å². The molecule has 0 aliphatic carbocycles. The second-order valence-corrected chi connectivity index (χ2v) is 16.6. The first-order valence-corrected chi connectivity index (χ1v) is 19.7. The first-order chi connectivity index (χ1) is 26.0. The molecule has 13 atom stereocenters. The van der Waals surface area contributed by atoms with E-state index >= 15 is 0 Å². The normalized spacial score (nSPS) is 38.3. The summed E-state index contributed by atoms with van der Waals surface area (Å²) in [6.07, 6.45) is 2.37. The van der Waals surface area contributed by atoms with Crippen molar-refractivity contribution in [2.45, 2.75) is 135 Å². The number of benzene rings is 1. The number of amides is 1. The molecule has 1 aromatic heterocycles. The third kappa shape index (κ3) is 9.57. The van der Waals surface area contributed by atoms with Crippen molar-refractivity contribution in [3.63, 3.8) is 0 Å². The van der Waals surface area contributed by atoms with Crippen LogP contribution in [-0.4, -0.2) is 120 Å². The summed E-state index contributed by atoms with van der Waals surface area (Å²) >= 11 is 0. The highest BCUT2D eigenvalue weighted by Gasteiger charge is 2.55. The highest BCUT2D eigenvalue weighted by Crippen LogP contribution is 2.38. The fraction of sp³-hybridized carbons (Fsp3) is 0.667. The lowest BCUT2D eigenvalue weighted by Crippen LogP contribution is -2.60. The predicted octanol–water partition coefficient (Wildman–Crippen LogP) is 4.88. The van der Waals surface area contributed by atoms with E-state index < -0.39 is 71.5 Å². The van der Waals surface area contributed by atoms with E-state index in [-0.39, 0.29) is 30.7 Å². The number of nitrogens with zero attached hydrogens (tertiary/aromatic N) is 2. The summed E-state index contributed by atoms with van der Waals surface area (Å²) < 4.78 is 31.7. The van der Waals surface area contributed by atoms with Gasteiger partial charge in [-0.3, -0.25) is 14.6 Å². The average molecular weight is 767 g/mol. The molecule has 13 nitrogen and oxygen atoms in total. The number of hydrogen-bond donors (Lipinski definition) is 3. The number of carbonyl (C=O) groups is 3. The minimum Gasteiger partial charge on any atom is -0.458 e. The number of cyclic esters (lactones) is 1. The third-order valence-corrected chi connectivity index (χ3v) is 11.8. The summed E-state index contributed by atoms with van der Waals surface area (Å²) in [5, 5.41) is 19.1. The number of pyridine rings is 1. The Balaban J connectivity index is 1.51. The van der Waals surface area contributed by atoms with Gasteiger partial charge in [0, 0.05) is 29.6 Å². The van der Waals surface area contributed by atoms with Gasteiger partial charge in [-0.1, -0.05) is 51.1 Å². The van der Waals surface area contributed by atoms with Crippen LogP contribution in [0.25, 0.3) is 17.0 Å². The standard InChI is InChI=1S/C42H62N4O9/c1-11-33-42(8)36(45-40(50)55-42)28(6)43-22-24(2)21-41(7,51-18-14-15-29-20-30-16-12-13-17-31(30)44-23-29)37(26(4)34(47)27(5)38(49)53-33)54-39-35(48)32(46(9)10)19-25(3)52-39/h12-17,20,23-28,32-33,35-37,39,43,48H,11,18-19,21-22H2,1-10H3,(H,45,50)/b15-14+/t24-,25-,26+,27?,28-,32?,33-,35?,36-,37-,39+,41-,42-/m1/s1.